The van der Waals surface area contributed by atoms with E-state index in [1.165, 1.54) is 0 Å². The second kappa shape index (κ2) is 1.21. The summed E-state index contributed by atoms with van der Waals surface area (Å²) in [5, 5.41) is 0. The Morgan fingerprint density at radius 3 is 1.89 bits per heavy atom. The zero-order valence-corrected chi connectivity index (χ0v) is 5.39. The van der Waals surface area contributed by atoms with Gasteiger partial charge in [0.05, 0.1) is 0 Å². The summed E-state index contributed by atoms with van der Waals surface area (Å²) in [6.07, 6.45) is 5.26. The molecule has 9 heavy (non-hydrogen) atoms. The van der Waals surface area contributed by atoms with E-state index >= 15 is 0 Å². The maximum absolute atomic E-state index is 10.5. The van der Waals surface area contributed by atoms with Crippen molar-refractivity contribution in [2.45, 2.75) is 31.2 Å². The molecule has 0 radical (unpaired) electrons. The first-order chi connectivity index (χ1) is 4.22. The standard InChI is InChI=1S/C7H11NO/c8-7(3-4-7)6(5-9)1-2-6/h5H,1-4,8H2. The summed E-state index contributed by atoms with van der Waals surface area (Å²) in [5.41, 5.74) is 5.74. The lowest BCUT2D eigenvalue weighted by Gasteiger charge is -2.14. The van der Waals surface area contributed by atoms with Crippen LogP contribution in [0.2, 0.25) is 0 Å². The van der Waals surface area contributed by atoms with Gasteiger partial charge >= 0.3 is 0 Å². The third-order valence-electron chi connectivity index (χ3n) is 2.79. The van der Waals surface area contributed by atoms with Crippen molar-refractivity contribution >= 4 is 6.29 Å². The molecule has 0 bridgehead atoms. The van der Waals surface area contributed by atoms with Gasteiger partial charge in [0.15, 0.2) is 0 Å². The van der Waals surface area contributed by atoms with Gasteiger partial charge in [0.25, 0.3) is 0 Å². The largest absolute Gasteiger partial charge is 0.324 e. The molecule has 2 heteroatoms. The fourth-order valence-corrected chi connectivity index (χ4v) is 1.50. The van der Waals surface area contributed by atoms with Crippen molar-refractivity contribution < 1.29 is 4.79 Å². The lowest BCUT2D eigenvalue weighted by Crippen LogP contribution is -2.34. The van der Waals surface area contributed by atoms with Crippen LogP contribution >= 0.6 is 0 Å². The van der Waals surface area contributed by atoms with E-state index in [-0.39, 0.29) is 11.0 Å². The molecule has 0 saturated heterocycles. The molecule has 2 rings (SSSR count). The topological polar surface area (TPSA) is 43.1 Å². The molecular weight excluding hydrogens is 114 g/mol. The van der Waals surface area contributed by atoms with Crippen molar-refractivity contribution in [2.75, 3.05) is 0 Å². The molecule has 0 unspecified atom stereocenters. The quantitative estimate of drug-likeness (QED) is 0.545. The Morgan fingerprint density at radius 1 is 1.22 bits per heavy atom. The van der Waals surface area contributed by atoms with Gasteiger partial charge in [-0.3, -0.25) is 0 Å². The number of nitrogens with two attached hydrogens (primary N) is 1. The minimum Gasteiger partial charge on any atom is -0.324 e. The summed E-state index contributed by atoms with van der Waals surface area (Å²) in [4.78, 5) is 10.5. The number of hydrogen-bond acceptors (Lipinski definition) is 2. The highest BCUT2D eigenvalue weighted by atomic mass is 16.1. The van der Waals surface area contributed by atoms with Crippen LogP contribution < -0.4 is 5.73 Å². The average molecular weight is 125 g/mol. The van der Waals surface area contributed by atoms with E-state index in [2.05, 4.69) is 0 Å². The minimum atomic E-state index is -0.0625. The first kappa shape index (κ1) is 5.42. The van der Waals surface area contributed by atoms with Gasteiger partial charge in [-0.25, -0.2) is 0 Å². The lowest BCUT2D eigenvalue weighted by atomic mass is 9.97. The molecule has 2 saturated carbocycles. The molecule has 0 heterocycles. The van der Waals surface area contributed by atoms with Gasteiger partial charge in [-0.2, -0.15) is 0 Å². The fourth-order valence-electron chi connectivity index (χ4n) is 1.50. The molecule has 0 aromatic rings. The summed E-state index contributed by atoms with van der Waals surface area (Å²) in [5.74, 6) is 0. The molecule has 2 fully saturated rings. The van der Waals surface area contributed by atoms with Crippen molar-refractivity contribution in [1.82, 2.24) is 0 Å². The second-order valence-electron chi connectivity index (χ2n) is 3.43. The van der Waals surface area contributed by atoms with Crippen LogP contribution in [-0.4, -0.2) is 11.8 Å². The first-order valence-electron chi connectivity index (χ1n) is 3.48. The van der Waals surface area contributed by atoms with Crippen LogP contribution in [0.1, 0.15) is 25.7 Å². The van der Waals surface area contributed by atoms with Crippen LogP contribution in [0.3, 0.4) is 0 Å². The van der Waals surface area contributed by atoms with E-state index in [4.69, 9.17) is 5.73 Å². The Hall–Kier alpha value is -0.370. The highest BCUT2D eigenvalue weighted by Crippen LogP contribution is 2.61. The molecule has 50 valence electrons. The van der Waals surface area contributed by atoms with Gasteiger partial charge in [-0.1, -0.05) is 0 Å². The zero-order chi connectivity index (χ0) is 6.54. The Labute approximate surface area is 54.4 Å². The molecule has 0 atom stereocenters. The van der Waals surface area contributed by atoms with Gasteiger partial charge in [-0.15, -0.1) is 0 Å². The van der Waals surface area contributed by atoms with Gasteiger partial charge in [0.1, 0.15) is 6.29 Å². The lowest BCUT2D eigenvalue weighted by molar-refractivity contribution is -0.113. The van der Waals surface area contributed by atoms with Crippen LogP contribution in [0.25, 0.3) is 0 Å². The highest BCUT2D eigenvalue weighted by molar-refractivity contribution is 5.67. The van der Waals surface area contributed by atoms with E-state index in [1.807, 2.05) is 0 Å². The molecule has 0 amide bonds. The number of carbonyl (C=O) groups is 1. The van der Waals surface area contributed by atoms with Gasteiger partial charge in [-0.05, 0) is 25.7 Å². The van der Waals surface area contributed by atoms with Crippen molar-refractivity contribution in [2.24, 2.45) is 11.1 Å². The first-order valence-corrected chi connectivity index (χ1v) is 3.48. The Kier molecular flexibility index (Phi) is 0.730. The summed E-state index contributed by atoms with van der Waals surface area (Å²) >= 11 is 0. The molecule has 2 aliphatic rings. The summed E-state index contributed by atoms with van der Waals surface area (Å²) in [6.45, 7) is 0. The monoisotopic (exact) mass is 125 g/mol. The number of hydrogen-bond donors (Lipinski definition) is 1. The molecule has 0 aromatic carbocycles. The SMILES string of the molecule is NC1(C2(C=O)CC2)CC1. The maximum Gasteiger partial charge on any atom is 0.127 e. The van der Waals surface area contributed by atoms with Gasteiger partial charge in [0, 0.05) is 11.0 Å². The van der Waals surface area contributed by atoms with Crippen molar-refractivity contribution in [3.8, 4) is 0 Å². The number of rotatable bonds is 2. The number of aldehydes is 1. The van der Waals surface area contributed by atoms with Gasteiger partial charge < -0.3 is 10.5 Å². The van der Waals surface area contributed by atoms with Crippen LogP contribution in [0, 0.1) is 5.41 Å². The minimum absolute atomic E-state index is 0.0608. The summed E-state index contributed by atoms with van der Waals surface area (Å²) in [7, 11) is 0. The molecule has 2 aliphatic carbocycles. The van der Waals surface area contributed by atoms with E-state index in [0.29, 0.717) is 0 Å². The molecule has 0 spiro atoms. The second-order valence-corrected chi connectivity index (χ2v) is 3.43. The normalized spacial score (nSPS) is 33.4. The Morgan fingerprint density at radius 2 is 1.78 bits per heavy atom. The van der Waals surface area contributed by atoms with Crippen LogP contribution in [0.5, 0.6) is 0 Å². The highest BCUT2D eigenvalue weighted by Gasteiger charge is 2.63. The predicted octanol–water partition coefficient (Wildman–Crippen LogP) is 0.457. The third kappa shape index (κ3) is 0.517. The Bertz CT molecular complexity index is 156. The Balaban J connectivity index is 2.20. The predicted molar refractivity (Wildman–Crippen MR) is 33.9 cm³/mol. The average Bonchev–Trinajstić information content (AvgIpc) is 2.61. The van der Waals surface area contributed by atoms with Crippen molar-refractivity contribution in [3.05, 3.63) is 0 Å². The molecule has 2 N–H and O–H groups in total. The van der Waals surface area contributed by atoms with E-state index in [0.717, 1.165) is 32.0 Å². The summed E-state index contributed by atoms with van der Waals surface area (Å²) in [6, 6.07) is 0. The molecule has 2 nitrogen and oxygen atoms in total. The summed E-state index contributed by atoms with van der Waals surface area (Å²) < 4.78 is 0. The van der Waals surface area contributed by atoms with Crippen LogP contribution in [0.15, 0.2) is 0 Å². The van der Waals surface area contributed by atoms with Crippen molar-refractivity contribution in [1.29, 1.82) is 0 Å². The smallest absolute Gasteiger partial charge is 0.127 e. The van der Waals surface area contributed by atoms with E-state index in [1.54, 1.807) is 0 Å². The molecular formula is C7H11NO. The van der Waals surface area contributed by atoms with Crippen LogP contribution in [0.4, 0.5) is 0 Å². The molecule has 0 aliphatic heterocycles. The maximum atomic E-state index is 10.5. The van der Waals surface area contributed by atoms with Gasteiger partial charge in [0.2, 0.25) is 0 Å². The number of carbonyl (C=O) groups excluding carboxylic acids is 1. The molecule has 0 aromatic heterocycles. The van der Waals surface area contributed by atoms with Crippen LogP contribution in [-0.2, 0) is 4.79 Å². The zero-order valence-electron chi connectivity index (χ0n) is 5.39. The fraction of sp³-hybridized carbons (Fsp3) is 0.857. The van der Waals surface area contributed by atoms with E-state index < -0.39 is 0 Å². The van der Waals surface area contributed by atoms with Crippen molar-refractivity contribution in [3.63, 3.8) is 0 Å². The third-order valence-corrected chi connectivity index (χ3v) is 2.79. The van der Waals surface area contributed by atoms with E-state index in [9.17, 15) is 4.79 Å².